The van der Waals surface area contributed by atoms with Gasteiger partial charge in [0.15, 0.2) is 0 Å². The Balaban J connectivity index is 1.60. The molecule has 3 saturated carbocycles. The molecule has 0 N–H and O–H groups in total. The number of allylic oxidation sites excluding steroid dienone is 3. The molecule has 4 aliphatic carbocycles. The smallest absolute Gasteiger partial charge is 0.302 e. The van der Waals surface area contributed by atoms with Gasteiger partial charge in [-0.25, -0.2) is 0 Å². The maximum atomic E-state index is 11.4. The Morgan fingerprint density at radius 1 is 1.16 bits per heavy atom. The number of carbonyl (C=O) groups is 1. The number of ether oxygens (including phenoxy) is 1. The average molecular weight is 343 g/mol. The molecular weight excluding hydrogens is 308 g/mol. The van der Waals surface area contributed by atoms with Crippen LogP contribution < -0.4 is 0 Å². The van der Waals surface area contributed by atoms with Gasteiger partial charge in [0, 0.05) is 13.3 Å². The molecule has 0 aliphatic heterocycles. The van der Waals surface area contributed by atoms with Crippen LogP contribution in [0.15, 0.2) is 23.3 Å². The van der Waals surface area contributed by atoms with Crippen molar-refractivity contribution in [3.63, 3.8) is 0 Å². The predicted octanol–water partition coefficient (Wildman–Crippen LogP) is 5.83. The van der Waals surface area contributed by atoms with Crippen LogP contribution in [0, 0.1) is 28.6 Å². The van der Waals surface area contributed by atoms with Crippen LogP contribution in [0.25, 0.3) is 0 Å². The van der Waals surface area contributed by atoms with Crippen molar-refractivity contribution in [2.75, 3.05) is 0 Å². The third-order valence-electron chi connectivity index (χ3n) is 8.59. The zero-order valence-corrected chi connectivity index (χ0v) is 16.4. The Kier molecular flexibility index (Phi) is 4.16. The van der Waals surface area contributed by atoms with Crippen LogP contribution in [0.5, 0.6) is 0 Å². The fourth-order valence-corrected chi connectivity index (χ4v) is 7.28. The molecule has 2 nitrogen and oxygen atoms in total. The second-order valence-corrected chi connectivity index (χ2v) is 9.54. The normalized spacial score (nSPS) is 47.5. The molecule has 0 spiro atoms. The highest BCUT2D eigenvalue weighted by Gasteiger charge is 2.57. The second kappa shape index (κ2) is 5.99. The molecule has 0 aromatic heterocycles. The van der Waals surface area contributed by atoms with Crippen molar-refractivity contribution in [1.82, 2.24) is 0 Å². The Bertz CT molecular complexity index is 630. The Hall–Kier alpha value is -1.05. The van der Waals surface area contributed by atoms with Gasteiger partial charge >= 0.3 is 5.97 Å². The molecule has 4 rings (SSSR count). The zero-order chi connectivity index (χ0) is 17.8. The van der Waals surface area contributed by atoms with Crippen LogP contribution in [0.4, 0.5) is 0 Å². The van der Waals surface area contributed by atoms with Crippen LogP contribution in [0.2, 0.25) is 0 Å². The molecule has 0 amide bonds. The van der Waals surface area contributed by atoms with E-state index in [0.29, 0.717) is 10.8 Å². The van der Waals surface area contributed by atoms with E-state index in [4.69, 9.17) is 4.74 Å². The van der Waals surface area contributed by atoms with E-state index in [1.165, 1.54) is 38.5 Å². The van der Waals surface area contributed by atoms with E-state index >= 15 is 0 Å². The zero-order valence-electron chi connectivity index (χ0n) is 16.4. The first kappa shape index (κ1) is 17.4. The number of carbonyl (C=O) groups excluding carboxylic acids is 1. The quantitative estimate of drug-likeness (QED) is 0.443. The van der Waals surface area contributed by atoms with Crippen molar-refractivity contribution in [2.45, 2.75) is 85.2 Å². The van der Waals surface area contributed by atoms with Crippen molar-refractivity contribution < 1.29 is 9.53 Å². The summed E-state index contributed by atoms with van der Waals surface area (Å²) in [6.45, 7) is 8.86. The molecule has 0 unspecified atom stereocenters. The number of hydrogen-bond acceptors (Lipinski definition) is 2. The highest BCUT2D eigenvalue weighted by atomic mass is 16.5. The number of hydrogen-bond donors (Lipinski definition) is 0. The fourth-order valence-electron chi connectivity index (χ4n) is 7.28. The molecule has 2 heteroatoms. The van der Waals surface area contributed by atoms with E-state index in [0.717, 1.165) is 30.6 Å². The van der Waals surface area contributed by atoms with Gasteiger partial charge in [0.05, 0.1) is 0 Å². The summed E-state index contributed by atoms with van der Waals surface area (Å²) in [5.41, 5.74) is 4.14. The van der Waals surface area contributed by atoms with Gasteiger partial charge < -0.3 is 4.74 Å². The van der Waals surface area contributed by atoms with Crippen molar-refractivity contribution in [3.05, 3.63) is 23.3 Å². The van der Waals surface area contributed by atoms with Gasteiger partial charge in [-0.15, -0.1) is 0 Å². The molecule has 4 aliphatic rings. The largest absolute Gasteiger partial charge is 0.462 e. The first-order valence-corrected chi connectivity index (χ1v) is 10.4. The lowest BCUT2D eigenvalue weighted by Gasteiger charge is -2.57. The van der Waals surface area contributed by atoms with Crippen LogP contribution in [-0.4, -0.2) is 12.1 Å². The van der Waals surface area contributed by atoms with E-state index in [9.17, 15) is 4.79 Å². The molecule has 0 heterocycles. The lowest BCUT2D eigenvalue weighted by molar-refractivity contribution is -0.148. The van der Waals surface area contributed by atoms with Gasteiger partial charge in [0.2, 0.25) is 0 Å². The van der Waals surface area contributed by atoms with E-state index < -0.39 is 0 Å². The van der Waals surface area contributed by atoms with Crippen molar-refractivity contribution >= 4 is 5.97 Å². The van der Waals surface area contributed by atoms with Crippen LogP contribution >= 0.6 is 0 Å². The van der Waals surface area contributed by atoms with Gasteiger partial charge in [0.25, 0.3) is 0 Å². The van der Waals surface area contributed by atoms with Crippen molar-refractivity contribution in [2.24, 2.45) is 28.6 Å². The standard InChI is InChI=1S/C23H34O2/c1-5-16-7-9-20-19-8-6-17-14-18(25-15(2)24)10-12-23(17,4)21(19)11-13-22(16,20)3/h5-6,18-21H,7-14H2,1-4H3/b16-5+/t18-,19+,20+,21+,22-,23-/m0/s1. The highest BCUT2D eigenvalue weighted by molar-refractivity contribution is 5.66. The summed E-state index contributed by atoms with van der Waals surface area (Å²) < 4.78 is 5.55. The monoisotopic (exact) mass is 342 g/mol. The maximum Gasteiger partial charge on any atom is 0.302 e. The predicted molar refractivity (Wildman–Crippen MR) is 101 cm³/mol. The molecule has 3 fully saturated rings. The van der Waals surface area contributed by atoms with Gasteiger partial charge in [-0.05, 0) is 80.5 Å². The molecule has 0 saturated heterocycles. The summed E-state index contributed by atoms with van der Waals surface area (Å²) in [6, 6.07) is 0. The SMILES string of the molecule is C/C=C1\CC[C@@H]2[C@H]3CC=C4C[C@@H](OC(C)=O)CC[C@]4(C)[C@@H]3CC[C@@]12C. The van der Waals surface area contributed by atoms with Crippen molar-refractivity contribution in [1.29, 1.82) is 0 Å². The minimum absolute atomic E-state index is 0.114. The number of esters is 1. The van der Waals surface area contributed by atoms with Crippen LogP contribution in [0.3, 0.4) is 0 Å². The summed E-state index contributed by atoms with van der Waals surface area (Å²) in [7, 11) is 0. The van der Waals surface area contributed by atoms with E-state index in [1.807, 2.05) is 0 Å². The Morgan fingerprint density at radius 2 is 1.88 bits per heavy atom. The topological polar surface area (TPSA) is 26.3 Å². The van der Waals surface area contributed by atoms with E-state index in [-0.39, 0.29) is 12.1 Å². The second-order valence-electron chi connectivity index (χ2n) is 9.54. The van der Waals surface area contributed by atoms with Gasteiger partial charge in [-0.3, -0.25) is 4.79 Å². The third kappa shape index (κ3) is 2.54. The number of fused-ring (bicyclic) bond motifs is 5. The summed E-state index contributed by atoms with van der Waals surface area (Å²) in [6.07, 6.45) is 15.0. The lowest BCUT2D eigenvalue weighted by atomic mass is 9.48. The first-order valence-electron chi connectivity index (χ1n) is 10.4. The lowest BCUT2D eigenvalue weighted by Crippen LogP contribution is -2.49. The van der Waals surface area contributed by atoms with Gasteiger partial charge in [-0.1, -0.05) is 37.1 Å². The average Bonchev–Trinajstić information content (AvgIpc) is 2.91. The summed E-state index contributed by atoms with van der Waals surface area (Å²) in [5, 5.41) is 0. The first-order chi connectivity index (χ1) is 11.9. The molecule has 0 bridgehead atoms. The summed E-state index contributed by atoms with van der Waals surface area (Å²) >= 11 is 0. The molecule has 0 aromatic carbocycles. The molecule has 6 atom stereocenters. The van der Waals surface area contributed by atoms with Gasteiger partial charge in [-0.2, -0.15) is 0 Å². The molecule has 138 valence electrons. The molecule has 0 radical (unpaired) electrons. The highest BCUT2D eigenvalue weighted by Crippen LogP contribution is 2.66. The third-order valence-corrected chi connectivity index (χ3v) is 8.59. The van der Waals surface area contributed by atoms with Crippen molar-refractivity contribution in [3.8, 4) is 0 Å². The Morgan fingerprint density at radius 3 is 2.60 bits per heavy atom. The number of rotatable bonds is 1. The van der Waals surface area contributed by atoms with Crippen LogP contribution in [-0.2, 0) is 9.53 Å². The molecule has 25 heavy (non-hydrogen) atoms. The Labute approximate surface area is 153 Å². The fraction of sp³-hybridized carbons (Fsp3) is 0.783. The van der Waals surface area contributed by atoms with Crippen LogP contribution in [0.1, 0.15) is 79.1 Å². The van der Waals surface area contributed by atoms with Gasteiger partial charge in [0.1, 0.15) is 6.10 Å². The minimum atomic E-state index is -0.124. The molecule has 0 aromatic rings. The van der Waals surface area contributed by atoms with E-state index in [2.05, 4.69) is 32.9 Å². The minimum Gasteiger partial charge on any atom is -0.462 e. The summed E-state index contributed by atoms with van der Waals surface area (Å²) in [5.74, 6) is 2.44. The van der Waals surface area contributed by atoms with E-state index in [1.54, 1.807) is 18.1 Å². The maximum absolute atomic E-state index is 11.4. The summed E-state index contributed by atoms with van der Waals surface area (Å²) in [4.78, 5) is 11.4. The molecular formula is C23H34O2.